The van der Waals surface area contributed by atoms with Gasteiger partial charge in [0.2, 0.25) is 23.6 Å². The van der Waals surface area contributed by atoms with E-state index in [1.54, 1.807) is 25.2 Å². The fourth-order valence-electron chi connectivity index (χ4n) is 7.89. The van der Waals surface area contributed by atoms with Gasteiger partial charge in [0.1, 0.15) is 31.7 Å². The van der Waals surface area contributed by atoms with E-state index in [-0.39, 0.29) is 0 Å². The normalized spacial score (nSPS) is 14.6. The van der Waals surface area contributed by atoms with E-state index in [9.17, 15) is 0 Å². The molecule has 2 aliphatic heterocycles. The number of hydrogen-bond donors (Lipinski definition) is 1. The van der Waals surface area contributed by atoms with Crippen molar-refractivity contribution in [1.29, 1.82) is 0 Å². The molecule has 3 fully saturated rings. The Morgan fingerprint density at radius 1 is 0.414 bits per heavy atom. The van der Waals surface area contributed by atoms with Crippen molar-refractivity contribution < 1.29 is 18.2 Å². The highest BCUT2D eigenvalue weighted by Crippen LogP contribution is 2.29. The van der Waals surface area contributed by atoms with E-state index in [2.05, 4.69) is 148 Å². The minimum Gasteiger partial charge on any atom is -0.425 e. The fraction of sp³-hybridized carbons (Fsp3) is 0.821. The van der Waals surface area contributed by atoms with Crippen LogP contribution in [0.25, 0.3) is 0 Å². The molecule has 3 aliphatic rings. The summed E-state index contributed by atoms with van der Waals surface area (Å²) in [6.07, 6.45) is 12.9. The van der Waals surface area contributed by atoms with E-state index >= 15 is 0 Å². The summed E-state index contributed by atoms with van der Waals surface area (Å²) in [5, 5.41) is 30.5. The van der Waals surface area contributed by atoms with E-state index in [1.807, 2.05) is 111 Å². The summed E-state index contributed by atoms with van der Waals surface area (Å²) < 4.78 is 28.3. The van der Waals surface area contributed by atoms with Crippen LogP contribution < -0.4 is 5.32 Å². The molecule has 1 N–H and O–H groups in total. The van der Waals surface area contributed by atoms with Crippen LogP contribution in [-0.2, 0) is 4.74 Å². The Hall–Kier alpha value is -3.98. The first-order valence-corrected chi connectivity index (χ1v) is 35.6. The number of aromatic nitrogens is 12. The summed E-state index contributed by atoms with van der Waals surface area (Å²) in [4.78, 5) is 16.5. The molecule has 1 atom stereocenters. The Morgan fingerprint density at radius 3 is 1.18 bits per heavy atom. The number of rotatable bonds is 9. The smallest absolute Gasteiger partial charge is 0.229 e. The second-order valence-electron chi connectivity index (χ2n) is 24.1. The second kappa shape index (κ2) is 52.8. The highest BCUT2D eigenvalue weighted by molar-refractivity contribution is 7.11. The van der Waals surface area contributed by atoms with Gasteiger partial charge in [-0.25, -0.2) is 9.97 Å². The Kier molecular flexibility index (Phi) is 52.9. The molecule has 87 heavy (non-hydrogen) atoms. The van der Waals surface area contributed by atoms with Crippen LogP contribution in [0.1, 0.15) is 326 Å². The summed E-state index contributed by atoms with van der Waals surface area (Å²) in [7, 11) is 0. The molecule has 9 rings (SSSR count). The zero-order valence-electron chi connectivity index (χ0n) is 60.8. The van der Waals surface area contributed by atoms with E-state index in [0.29, 0.717) is 64.9 Å². The molecule has 8 heterocycles. The minimum absolute atomic E-state index is 0.339. The largest absolute Gasteiger partial charge is 0.425 e. The molecule has 1 unspecified atom stereocenters. The van der Waals surface area contributed by atoms with Crippen LogP contribution in [0.2, 0.25) is 0 Å². The van der Waals surface area contributed by atoms with Crippen molar-refractivity contribution in [3.63, 3.8) is 0 Å². The number of hydrogen-bond acceptors (Lipinski definition) is 20. The van der Waals surface area contributed by atoms with E-state index in [1.165, 1.54) is 93.9 Å². The first-order chi connectivity index (χ1) is 41.1. The number of piperidine rings is 1. The lowest BCUT2D eigenvalue weighted by Crippen LogP contribution is -2.29. The molecule has 0 radical (unpaired) electrons. The summed E-state index contributed by atoms with van der Waals surface area (Å²) in [5.74, 6) is 14.1. The molecule has 0 spiro atoms. The summed E-state index contributed by atoms with van der Waals surface area (Å²) >= 11 is 4.64. The topological polar surface area (TPSA) is 215 Å². The van der Waals surface area contributed by atoms with Crippen LogP contribution in [0.5, 0.6) is 0 Å². The van der Waals surface area contributed by atoms with Crippen LogP contribution in [0.3, 0.4) is 0 Å². The molecule has 17 nitrogen and oxygen atoms in total. The lowest BCUT2D eigenvalue weighted by molar-refractivity contribution is 0.0373. The molecular weight excluding hydrogens is 1150 g/mol. The average molecular weight is 1280 g/mol. The molecule has 504 valence electrons. The van der Waals surface area contributed by atoms with Crippen molar-refractivity contribution in [2.45, 2.75) is 301 Å². The minimum atomic E-state index is 0.339. The molecule has 20 heteroatoms. The third kappa shape index (κ3) is 43.4. The zero-order chi connectivity index (χ0) is 67.2. The lowest BCUT2D eigenvalue weighted by atomic mass is 9.82. The molecule has 0 amide bonds. The van der Waals surface area contributed by atoms with Gasteiger partial charge >= 0.3 is 0 Å². The van der Waals surface area contributed by atoms with Gasteiger partial charge in [0.25, 0.3) is 0 Å². The predicted molar refractivity (Wildman–Crippen MR) is 370 cm³/mol. The third-order valence-corrected chi connectivity index (χ3v) is 16.2. The zero-order valence-corrected chi connectivity index (χ0v) is 63.3. The Bertz CT molecular complexity index is 2020. The summed E-state index contributed by atoms with van der Waals surface area (Å²) in [6.45, 7) is 66.5. The Balaban J connectivity index is -0.000000902. The first kappa shape index (κ1) is 87.2. The number of aryl methyl sites for hydroxylation is 6. The Labute approximate surface area is 544 Å². The maximum atomic E-state index is 5.34. The molecule has 0 bridgehead atoms. The number of nitrogens with zero attached hydrogens (tertiary/aromatic N) is 12. The molecule has 1 aliphatic carbocycles. The molecular formula is C67H129N13O4S3. The van der Waals surface area contributed by atoms with E-state index in [4.69, 9.17) is 18.2 Å². The first-order valence-electron chi connectivity index (χ1n) is 33.2. The average Bonchev–Trinajstić information content (AvgIpc) is 4.58. The molecule has 6 aromatic rings. The maximum Gasteiger partial charge on any atom is 0.229 e. The van der Waals surface area contributed by atoms with Crippen LogP contribution in [0.4, 0.5) is 0 Å². The van der Waals surface area contributed by atoms with Gasteiger partial charge in [-0.1, -0.05) is 209 Å². The second-order valence-corrected chi connectivity index (χ2v) is 27.1. The van der Waals surface area contributed by atoms with Crippen molar-refractivity contribution in [3.05, 3.63) is 66.9 Å². The predicted octanol–water partition coefficient (Wildman–Crippen LogP) is 20.4. The standard InChI is InChI=1S/C9H18.C8H17N.C8H16O.3C6H10N2O.3C6H10N2S.3C2H6/c1-8(2)9-6-4-3-5-7-9;1-7(2)8-3-5-9-6-4-8;1-7(2)8-4-3-5-9-6-8;1-4(2)6-8-7-5(3)9-6;1-4(2)6-7-5(3)9-8-6;1-4(2)6-7-5(3)8-9-6;1-4(2)6-8-7-5(3)9-6;1-4(2)6-7-5(3)9-8-6;1-4(2)6-7-5(3)8-9-6;3*1-2/h8-9H,3-7H2,1-2H3;7-9H,3-6H2,1-2H3;7-8H,3-6H2,1-2H3;6*4H,1-3H3;3*1-2H3. The van der Waals surface area contributed by atoms with Crippen LogP contribution in [0, 0.1) is 77.0 Å². The lowest BCUT2D eigenvalue weighted by Gasteiger charge is -2.25. The number of ether oxygens (including phenoxy) is 1. The third-order valence-electron chi connectivity index (χ3n) is 13.3. The summed E-state index contributed by atoms with van der Waals surface area (Å²) in [5.41, 5.74) is 0. The van der Waals surface area contributed by atoms with Crippen molar-refractivity contribution in [2.24, 2.45) is 35.5 Å². The van der Waals surface area contributed by atoms with Gasteiger partial charge in [0, 0.05) is 62.6 Å². The van der Waals surface area contributed by atoms with Crippen molar-refractivity contribution in [1.82, 2.24) is 64.7 Å². The van der Waals surface area contributed by atoms with Gasteiger partial charge in [-0.3, -0.25) is 0 Å². The fourth-order valence-corrected chi connectivity index (χ4v) is 9.85. The SMILES string of the molecule is CC.CC.CC.CC(C)C1CCCCC1.CC(C)C1CCCOC1.CC(C)C1CCNCC1.Cc1nc(C(C)C)no1.Cc1nc(C(C)C)ns1.Cc1nnc(C(C)C)o1.Cc1nnc(C(C)C)s1.Cc1noc(C(C)C)n1.Cc1nsc(C(C)C)n1. The van der Waals surface area contributed by atoms with E-state index in [0.717, 1.165) is 86.2 Å². The van der Waals surface area contributed by atoms with Crippen LogP contribution >= 0.6 is 34.4 Å². The van der Waals surface area contributed by atoms with Gasteiger partial charge in [-0.05, 0) is 125 Å². The van der Waals surface area contributed by atoms with E-state index < -0.39 is 0 Å². The quantitative estimate of drug-likeness (QED) is 0.142. The van der Waals surface area contributed by atoms with Gasteiger partial charge < -0.3 is 23.5 Å². The van der Waals surface area contributed by atoms with Gasteiger partial charge in [0.15, 0.2) is 11.6 Å². The molecule has 6 aromatic heterocycles. The Morgan fingerprint density at radius 2 is 0.943 bits per heavy atom. The van der Waals surface area contributed by atoms with Crippen molar-refractivity contribution >= 4 is 34.4 Å². The summed E-state index contributed by atoms with van der Waals surface area (Å²) in [6, 6.07) is 0. The number of nitrogens with one attached hydrogen (secondary N) is 1. The molecule has 0 aromatic carbocycles. The maximum absolute atomic E-state index is 5.34. The van der Waals surface area contributed by atoms with Crippen molar-refractivity contribution in [2.75, 3.05) is 26.3 Å². The van der Waals surface area contributed by atoms with Crippen LogP contribution in [-0.4, -0.2) is 85.7 Å². The molecule has 2 saturated heterocycles. The monoisotopic (exact) mass is 1280 g/mol. The van der Waals surface area contributed by atoms with Crippen molar-refractivity contribution in [3.8, 4) is 0 Å². The highest BCUT2D eigenvalue weighted by Gasteiger charge is 2.18. The van der Waals surface area contributed by atoms with Crippen LogP contribution in [0.15, 0.2) is 13.5 Å². The highest BCUT2D eigenvalue weighted by atomic mass is 32.1. The van der Waals surface area contributed by atoms with Gasteiger partial charge in [-0.2, -0.15) is 18.7 Å². The van der Waals surface area contributed by atoms with Gasteiger partial charge in [0.05, 0.1) is 0 Å². The molecule has 1 saturated carbocycles. The van der Waals surface area contributed by atoms with Gasteiger partial charge in [-0.15, -0.1) is 31.7 Å².